The Bertz CT molecular complexity index is 879. The Morgan fingerprint density at radius 1 is 1.28 bits per heavy atom. The molecular formula is C23H34N6O3. The molecule has 4 aliphatic heterocycles. The Kier molecular flexibility index (Phi) is 5.94. The predicted octanol–water partition coefficient (Wildman–Crippen LogP) is 0.217. The van der Waals surface area contributed by atoms with Crippen LogP contribution in [0.2, 0.25) is 0 Å². The van der Waals surface area contributed by atoms with Crippen LogP contribution in [0.15, 0.2) is 12.1 Å². The van der Waals surface area contributed by atoms with Crippen molar-refractivity contribution in [3.63, 3.8) is 0 Å². The molecular weight excluding hydrogens is 408 g/mol. The third-order valence-corrected chi connectivity index (χ3v) is 7.58. The molecule has 9 nitrogen and oxygen atoms in total. The largest absolute Gasteiger partial charge is 0.474 e. The van der Waals surface area contributed by atoms with Crippen LogP contribution < -0.4 is 25.6 Å². The summed E-state index contributed by atoms with van der Waals surface area (Å²) in [5, 5.41) is 9.60. The van der Waals surface area contributed by atoms with Gasteiger partial charge in [0.05, 0.1) is 6.04 Å². The summed E-state index contributed by atoms with van der Waals surface area (Å²) in [6.45, 7) is 7.59. The topological polar surface area (TPSA) is 98.8 Å². The van der Waals surface area contributed by atoms with E-state index in [9.17, 15) is 9.59 Å². The molecule has 5 heterocycles. The minimum atomic E-state index is -0.203. The fourth-order valence-electron chi connectivity index (χ4n) is 5.78. The van der Waals surface area contributed by atoms with Gasteiger partial charge in [-0.2, -0.15) is 0 Å². The summed E-state index contributed by atoms with van der Waals surface area (Å²) < 4.78 is 5.95. The van der Waals surface area contributed by atoms with Gasteiger partial charge in [-0.1, -0.05) is 6.92 Å². The quantitative estimate of drug-likeness (QED) is 0.613. The van der Waals surface area contributed by atoms with Crippen LogP contribution in [-0.2, 0) is 4.79 Å². The highest BCUT2D eigenvalue weighted by Crippen LogP contribution is 2.34. The van der Waals surface area contributed by atoms with Crippen molar-refractivity contribution in [3.05, 3.63) is 17.8 Å². The zero-order valence-corrected chi connectivity index (χ0v) is 19.0. The summed E-state index contributed by atoms with van der Waals surface area (Å²) in [5.74, 6) is 1.28. The molecule has 1 aromatic heterocycles. The van der Waals surface area contributed by atoms with Crippen LogP contribution in [0.4, 0.5) is 5.69 Å². The molecule has 3 saturated heterocycles. The number of carbonyl (C=O) groups excluding carboxylic acids is 2. The van der Waals surface area contributed by atoms with Crippen molar-refractivity contribution in [1.29, 1.82) is 0 Å². The molecule has 3 N–H and O–H groups in total. The summed E-state index contributed by atoms with van der Waals surface area (Å²) in [7, 11) is 1.60. The fourth-order valence-corrected chi connectivity index (χ4v) is 5.78. The second kappa shape index (κ2) is 8.86. The number of aromatic nitrogens is 1. The SMILES string of the molecule is CCC1CC2NCC(CN3CCN4c5ccc(C(=O)NC)nc5OC[C@H]4C3)CC2NC1=O. The molecule has 0 aromatic carbocycles. The Morgan fingerprint density at radius 3 is 2.97 bits per heavy atom. The smallest absolute Gasteiger partial charge is 0.269 e. The first-order chi connectivity index (χ1) is 15.6. The lowest BCUT2D eigenvalue weighted by Crippen LogP contribution is -2.63. The number of amides is 2. The number of hydrogen-bond donors (Lipinski definition) is 3. The van der Waals surface area contributed by atoms with Crippen molar-refractivity contribution in [2.24, 2.45) is 11.8 Å². The van der Waals surface area contributed by atoms with E-state index in [-0.39, 0.29) is 29.8 Å². The van der Waals surface area contributed by atoms with Gasteiger partial charge in [0.2, 0.25) is 11.8 Å². The summed E-state index contributed by atoms with van der Waals surface area (Å²) in [6.07, 6.45) is 2.93. The van der Waals surface area contributed by atoms with E-state index in [0.717, 1.165) is 57.7 Å². The molecule has 2 amide bonds. The van der Waals surface area contributed by atoms with Gasteiger partial charge in [0, 0.05) is 51.2 Å². The van der Waals surface area contributed by atoms with Gasteiger partial charge >= 0.3 is 0 Å². The third kappa shape index (κ3) is 4.03. The molecule has 4 unspecified atom stereocenters. The number of piperazine rings is 1. The number of nitrogens with zero attached hydrogens (tertiary/aromatic N) is 3. The maximum Gasteiger partial charge on any atom is 0.269 e. The van der Waals surface area contributed by atoms with E-state index < -0.39 is 0 Å². The average molecular weight is 443 g/mol. The molecule has 0 aliphatic carbocycles. The third-order valence-electron chi connectivity index (χ3n) is 7.58. The van der Waals surface area contributed by atoms with E-state index in [1.807, 2.05) is 6.07 Å². The fraction of sp³-hybridized carbons (Fsp3) is 0.696. The second-order valence-electron chi connectivity index (χ2n) is 9.59. The van der Waals surface area contributed by atoms with E-state index in [1.54, 1.807) is 13.1 Å². The lowest BCUT2D eigenvalue weighted by Gasteiger charge is -2.47. The van der Waals surface area contributed by atoms with Crippen molar-refractivity contribution in [2.45, 2.75) is 44.3 Å². The van der Waals surface area contributed by atoms with Gasteiger partial charge in [-0.25, -0.2) is 4.98 Å². The predicted molar refractivity (Wildman–Crippen MR) is 121 cm³/mol. The van der Waals surface area contributed by atoms with Crippen LogP contribution in [0.5, 0.6) is 5.88 Å². The van der Waals surface area contributed by atoms with Gasteiger partial charge in [0.15, 0.2) is 0 Å². The van der Waals surface area contributed by atoms with Crippen molar-refractivity contribution in [2.75, 3.05) is 51.3 Å². The molecule has 5 atom stereocenters. The number of hydrogen-bond acceptors (Lipinski definition) is 7. The van der Waals surface area contributed by atoms with Crippen molar-refractivity contribution in [3.8, 4) is 5.88 Å². The molecule has 3 fully saturated rings. The van der Waals surface area contributed by atoms with Crippen LogP contribution in [-0.4, -0.2) is 86.2 Å². The summed E-state index contributed by atoms with van der Waals surface area (Å²) >= 11 is 0. The minimum absolute atomic E-state index is 0.157. The highest BCUT2D eigenvalue weighted by atomic mass is 16.5. The highest BCUT2D eigenvalue weighted by Gasteiger charge is 2.40. The number of carbonyl (C=O) groups is 2. The van der Waals surface area contributed by atoms with Crippen LogP contribution in [0.25, 0.3) is 0 Å². The molecule has 0 saturated carbocycles. The lowest BCUT2D eigenvalue weighted by atomic mass is 9.80. The first kappa shape index (κ1) is 21.5. The molecule has 4 aliphatic rings. The standard InChI is InChI=1S/C23H34N6O3/c1-3-15-9-18-19(26-21(15)30)8-14(10-25-18)11-28-6-7-29-16(12-28)13-32-23-20(29)5-4-17(27-23)22(31)24-2/h4-5,14-16,18-19,25H,3,6-13H2,1-2H3,(H,24,31)(H,26,30)/t14?,15?,16-,18?,19?/m1/s1. The highest BCUT2D eigenvalue weighted by molar-refractivity contribution is 5.92. The van der Waals surface area contributed by atoms with Gasteiger partial charge < -0.3 is 25.6 Å². The number of anilines is 1. The number of pyridine rings is 1. The first-order valence-electron chi connectivity index (χ1n) is 11.9. The van der Waals surface area contributed by atoms with Gasteiger partial charge in [-0.15, -0.1) is 0 Å². The Balaban J connectivity index is 1.18. The normalized spacial score (nSPS) is 32.1. The Morgan fingerprint density at radius 2 is 2.16 bits per heavy atom. The van der Waals surface area contributed by atoms with E-state index in [0.29, 0.717) is 30.1 Å². The molecule has 174 valence electrons. The van der Waals surface area contributed by atoms with Gasteiger partial charge in [0.1, 0.15) is 18.0 Å². The monoisotopic (exact) mass is 442 g/mol. The van der Waals surface area contributed by atoms with E-state index in [2.05, 4.69) is 37.7 Å². The number of piperidine rings is 2. The molecule has 5 rings (SSSR count). The minimum Gasteiger partial charge on any atom is -0.474 e. The second-order valence-corrected chi connectivity index (χ2v) is 9.59. The average Bonchev–Trinajstić information content (AvgIpc) is 2.82. The van der Waals surface area contributed by atoms with E-state index >= 15 is 0 Å². The molecule has 0 bridgehead atoms. The van der Waals surface area contributed by atoms with Crippen LogP contribution in [0.1, 0.15) is 36.7 Å². The summed E-state index contributed by atoms with van der Waals surface area (Å²) in [4.78, 5) is 33.5. The number of ether oxygens (including phenoxy) is 1. The Hall–Kier alpha value is -2.39. The zero-order chi connectivity index (χ0) is 22.2. The molecule has 9 heteroatoms. The summed E-state index contributed by atoms with van der Waals surface area (Å²) in [6, 6.07) is 4.68. The van der Waals surface area contributed by atoms with Crippen LogP contribution in [0, 0.1) is 11.8 Å². The maximum absolute atomic E-state index is 12.3. The molecule has 0 radical (unpaired) electrons. The number of fused-ring (bicyclic) bond motifs is 4. The van der Waals surface area contributed by atoms with E-state index in [1.165, 1.54) is 0 Å². The number of rotatable bonds is 4. The van der Waals surface area contributed by atoms with Gasteiger partial charge in [-0.3, -0.25) is 14.5 Å². The zero-order valence-electron chi connectivity index (χ0n) is 19.0. The Labute approximate surface area is 189 Å². The van der Waals surface area contributed by atoms with E-state index in [4.69, 9.17) is 4.74 Å². The van der Waals surface area contributed by atoms with Crippen LogP contribution >= 0.6 is 0 Å². The van der Waals surface area contributed by atoms with Crippen LogP contribution in [0.3, 0.4) is 0 Å². The lowest BCUT2D eigenvalue weighted by molar-refractivity contribution is -0.129. The van der Waals surface area contributed by atoms with Crippen molar-refractivity contribution in [1.82, 2.24) is 25.8 Å². The molecule has 32 heavy (non-hydrogen) atoms. The maximum atomic E-state index is 12.3. The van der Waals surface area contributed by atoms with Crippen molar-refractivity contribution >= 4 is 17.5 Å². The van der Waals surface area contributed by atoms with Crippen molar-refractivity contribution < 1.29 is 14.3 Å². The number of nitrogens with one attached hydrogen (secondary N) is 3. The van der Waals surface area contributed by atoms with Gasteiger partial charge in [0.25, 0.3) is 5.91 Å². The summed E-state index contributed by atoms with van der Waals surface area (Å²) in [5.41, 5.74) is 1.36. The molecule has 1 aromatic rings. The first-order valence-corrected chi connectivity index (χ1v) is 11.9. The molecule has 0 spiro atoms. The van der Waals surface area contributed by atoms with Gasteiger partial charge in [-0.05, 0) is 43.9 Å².